The molecular formula is C5H25N. The minimum Gasteiger partial charge on any atom is -0.317 e. The Balaban J connectivity index is -0.0000000174. The molecule has 0 rings (SSSR count). The Morgan fingerprint density at radius 3 is 2.50 bits per heavy atom. The Bertz CT molecular complexity index is 32.4. The largest absolute Gasteiger partial charge is 0.317 e. The first-order valence-electron chi connectivity index (χ1n) is 8.62. The highest BCUT2D eigenvalue weighted by atomic mass is 14.8. The van der Waals surface area contributed by atoms with Gasteiger partial charge in [0, 0.05) is 17.8 Å². The lowest BCUT2D eigenvalue weighted by Crippen LogP contribution is -2.12. The lowest BCUT2D eigenvalue weighted by molar-refractivity contribution is 0.703. The molecule has 1 nitrogen and oxygen atoms in total. The van der Waals surface area contributed by atoms with Crippen LogP contribution in [0.25, 0.3) is 0 Å². The zero-order chi connectivity index (χ0) is 16.8. The van der Waals surface area contributed by atoms with Gasteiger partial charge in [-0.15, -0.1) is 0 Å². The van der Waals surface area contributed by atoms with E-state index in [0.29, 0.717) is 0 Å². The lowest BCUT2D eigenvalue weighted by Gasteiger charge is -1.91. The Morgan fingerprint density at radius 2 is 2.33 bits per heavy atom. The van der Waals surface area contributed by atoms with Crippen LogP contribution in [0.3, 0.4) is 0 Å². The molecule has 50 valence electrons. The summed E-state index contributed by atoms with van der Waals surface area (Å²) in [6.07, 6.45) is 1.24. The molecule has 0 aromatic rings. The first kappa shape index (κ1) is 1.22. The van der Waals surface area contributed by atoms with E-state index in [2.05, 4.69) is 19.2 Å². The fourth-order valence-electron chi connectivity index (χ4n) is 0.354. The van der Waals surface area contributed by atoms with Gasteiger partial charge in [-0.1, -0.05) is 13.8 Å². The van der Waals surface area contributed by atoms with Crippen LogP contribution in [0.15, 0.2) is 0 Å². The maximum Gasteiger partial charge on any atom is 0 e. The van der Waals surface area contributed by atoms with Crippen LogP contribution in [0.1, 0.15) is 38.1 Å². The summed E-state index contributed by atoms with van der Waals surface area (Å²) in [7, 11) is 0. The van der Waals surface area contributed by atoms with Crippen molar-refractivity contribution in [2.24, 2.45) is 0 Å². The lowest BCUT2D eigenvalue weighted by atomic mass is 10.5. The Kier molecular flexibility index (Phi) is 1.01. The second-order valence-corrected chi connectivity index (χ2v) is 1.35. The van der Waals surface area contributed by atoms with Crippen LogP contribution in [-0.4, -0.2) is 13.1 Å². The average Bonchev–Trinajstić information content (AvgIpc) is 2.57. The monoisotopic (exact) mass is 111 g/mol. The number of hydrogen-bond acceptors (Lipinski definition) is 1. The van der Waals surface area contributed by atoms with Gasteiger partial charge in [0.05, 0.1) is 0 Å². The molecule has 0 unspecified atom stereocenters. The third-order valence-electron chi connectivity index (χ3n) is 0.677. The maximum atomic E-state index is 5.00. The van der Waals surface area contributed by atoms with Crippen molar-refractivity contribution in [3.63, 3.8) is 0 Å². The molecule has 0 aromatic carbocycles. The molecule has 6 heavy (non-hydrogen) atoms. The normalized spacial score (nSPS) is 17.0. The van der Waals surface area contributed by atoms with Gasteiger partial charge in [-0.25, -0.2) is 0 Å². The average molecular weight is 111 g/mol. The summed E-state index contributed by atoms with van der Waals surface area (Å²) >= 11 is 0. The smallest absolute Gasteiger partial charge is 0 e. The number of rotatable bonds is 3. The van der Waals surface area contributed by atoms with E-state index in [4.69, 9.17) is 17.8 Å². The van der Waals surface area contributed by atoms with Crippen LogP contribution in [0.2, 0.25) is 0 Å². The van der Waals surface area contributed by atoms with Crippen LogP contribution >= 0.6 is 0 Å². The van der Waals surface area contributed by atoms with Crippen LogP contribution < -0.4 is 5.32 Å². The first-order chi connectivity index (χ1) is 8.91. The molecular weight excluding hydrogens is 74.1 g/mol. The van der Waals surface area contributed by atoms with E-state index in [1.165, 1.54) is 6.42 Å². The topological polar surface area (TPSA) is 12.0 Å². The van der Waals surface area contributed by atoms with E-state index in [-0.39, 0.29) is 0 Å². The van der Waals surface area contributed by atoms with Gasteiger partial charge < -0.3 is 5.32 Å². The molecule has 0 atom stereocenters. The standard InChI is InChI=1S/C5H13N.6H2/c1-3-5-6-4-2;;;;;;/h6H,3-5H2,1-2H3;6*1H/i;6*1+1D. The van der Waals surface area contributed by atoms with Gasteiger partial charge in [0.1, 0.15) is 0 Å². The van der Waals surface area contributed by atoms with Gasteiger partial charge in [0.25, 0.3) is 0 Å². The highest BCUT2D eigenvalue weighted by Gasteiger charge is 1.71. The van der Waals surface area contributed by atoms with Gasteiger partial charge in [-0.05, 0) is 19.5 Å². The fraction of sp³-hybridized carbons (Fsp3) is 1.00. The zero-order valence-electron chi connectivity index (χ0n) is 16.6. The van der Waals surface area contributed by atoms with Crippen molar-refractivity contribution < 1.29 is 17.8 Å². The zero-order valence-corrected chi connectivity index (χ0v) is 4.62. The van der Waals surface area contributed by atoms with Crippen LogP contribution in [0.4, 0.5) is 0 Å². The minimum atomic E-state index is 1.10. The summed E-state index contributed by atoms with van der Waals surface area (Å²) in [5, 5.41) is 3.20. The molecule has 0 aliphatic rings. The van der Waals surface area contributed by atoms with Crippen molar-refractivity contribution in [1.82, 2.24) is 5.32 Å². The van der Waals surface area contributed by atoms with Gasteiger partial charge in [-0.2, -0.15) is 0 Å². The second kappa shape index (κ2) is 4.96. The van der Waals surface area contributed by atoms with Crippen molar-refractivity contribution in [2.45, 2.75) is 20.3 Å². The van der Waals surface area contributed by atoms with Crippen molar-refractivity contribution >= 4 is 0 Å². The van der Waals surface area contributed by atoms with E-state index < -0.39 is 0 Å². The van der Waals surface area contributed by atoms with Gasteiger partial charge >= 0.3 is 0 Å². The van der Waals surface area contributed by atoms with E-state index >= 15 is 0 Å². The summed E-state index contributed by atoms with van der Waals surface area (Å²) in [5.41, 5.74) is 0. The molecule has 1 N–H and O–H groups in total. The molecule has 0 radical (unpaired) electrons. The van der Waals surface area contributed by atoms with Crippen molar-refractivity contribution in [2.75, 3.05) is 13.1 Å². The van der Waals surface area contributed by atoms with Crippen molar-refractivity contribution in [1.29, 1.82) is 0 Å². The molecule has 0 saturated heterocycles. The highest BCUT2D eigenvalue weighted by Crippen LogP contribution is 1.65. The summed E-state index contributed by atoms with van der Waals surface area (Å²) in [5.74, 6) is 0. The maximum absolute atomic E-state index is 5.00. The van der Waals surface area contributed by atoms with E-state index in [9.17, 15) is 0 Å². The molecule has 0 aliphatic carbocycles. The molecule has 0 saturated carbocycles. The van der Waals surface area contributed by atoms with Crippen molar-refractivity contribution in [3.8, 4) is 0 Å². The molecule has 0 bridgehead atoms. The Hall–Kier alpha value is -0.0400. The molecule has 0 heterocycles. The predicted octanol–water partition coefficient (Wildman–Crippen LogP) is 2.48. The molecule has 0 spiro atoms. The van der Waals surface area contributed by atoms with E-state index in [1.807, 2.05) is 0 Å². The predicted molar refractivity (Wildman–Crippen MR) is 41.5 cm³/mol. The van der Waals surface area contributed by atoms with E-state index in [0.717, 1.165) is 13.1 Å². The molecule has 0 fully saturated rings. The number of hydrogen-bond donors (Lipinski definition) is 1. The summed E-state index contributed by atoms with van der Waals surface area (Å²) < 4.78 is 60.0. The first-order valence-corrected chi connectivity index (χ1v) is 2.62. The van der Waals surface area contributed by atoms with Gasteiger partial charge in [0.15, 0.2) is 0 Å². The van der Waals surface area contributed by atoms with Gasteiger partial charge in [-0.3, -0.25) is 0 Å². The molecule has 1 heteroatoms. The molecule has 0 amide bonds. The number of nitrogens with one attached hydrogen (secondary N) is 1. The molecule has 0 aliphatic heterocycles. The fourth-order valence-corrected chi connectivity index (χ4v) is 0.354. The SMILES string of the molecule is CCCNCC.[2H][2H].[2H][2H].[2H][2H].[2H][2H].[2H][2H].[2H][2H]. The second-order valence-electron chi connectivity index (χ2n) is 1.35. The van der Waals surface area contributed by atoms with Crippen LogP contribution in [0, 0.1) is 0 Å². The van der Waals surface area contributed by atoms with Gasteiger partial charge in [0.2, 0.25) is 0 Å². The Morgan fingerprint density at radius 1 is 1.67 bits per heavy atom. The Labute approximate surface area is 58.3 Å². The van der Waals surface area contributed by atoms with Crippen molar-refractivity contribution in [3.05, 3.63) is 0 Å². The third kappa shape index (κ3) is 3.96. The van der Waals surface area contributed by atoms with E-state index in [1.54, 1.807) is 0 Å². The highest BCUT2D eigenvalue weighted by molar-refractivity contribution is 4.35. The van der Waals surface area contributed by atoms with Crippen LogP contribution in [0.5, 0.6) is 0 Å². The van der Waals surface area contributed by atoms with Crippen LogP contribution in [-0.2, 0) is 0 Å². The minimum absolute atomic E-state index is 1.10. The summed E-state index contributed by atoms with van der Waals surface area (Å²) in [4.78, 5) is 0. The quantitative estimate of drug-likeness (QED) is 0.552. The molecule has 0 aromatic heterocycles. The third-order valence-corrected chi connectivity index (χ3v) is 0.677. The summed E-state index contributed by atoms with van der Waals surface area (Å²) in [6.45, 7) is 6.56. The summed E-state index contributed by atoms with van der Waals surface area (Å²) in [6, 6.07) is 0.